The van der Waals surface area contributed by atoms with Crippen LogP contribution in [0.2, 0.25) is 0 Å². The van der Waals surface area contributed by atoms with Gasteiger partial charge >= 0.3 is 0 Å². The lowest BCUT2D eigenvalue weighted by atomic mass is 10.0. The first-order chi connectivity index (χ1) is 8.65. The Morgan fingerprint density at radius 1 is 1.28 bits per heavy atom. The normalized spacial score (nSPS) is 11.8. The van der Waals surface area contributed by atoms with Crippen LogP contribution in [0.15, 0.2) is 30.3 Å². The van der Waals surface area contributed by atoms with Gasteiger partial charge in [-0.1, -0.05) is 43.7 Å². The lowest BCUT2D eigenvalue weighted by Crippen LogP contribution is -2.39. The summed E-state index contributed by atoms with van der Waals surface area (Å²) in [4.78, 5) is 22.9. The van der Waals surface area contributed by atoms with Crippen molar-refractivity contribution in [2.24, 2.45) is 11.7 Å². The maximum Gasteiger partial charge on any atom is 0.232 e. The van der Waals surface area contributed by atoms with Crippen LogP contribution >= 0.6 is 0 Å². The van der Waals surface area contributed by atoms with Crippen molar-refractivity contribution < 1.29 is 9.59 Å². The fourth-order valence-electron chi connectivity index (χ4n) is 1.79. The number of amides is 2. The second-order valence-electron chi connectivity index (χ2n) is 4.27. The largest absolute Gasteiger partial charge is 0.369 e. The van der Waals surface area contributed by atoms with Crippen molar-refractivity contribution in [2.75, 3.05) is 6.54 Å². The van der Waals surface area contributed by atoms with Gasteiger partial charge in [0.15, 0.2) is 0 Å². The zero-order chi connectivity index (χ0) is 13.4. The van der Waals surface area contributed by atoms with E-state index in [0.29, 0.717) is 13.0 Å². The van der Waals surface area contributed by atoms with E-state index in [4.69, 9.17) is 5.73 Å². The second kappa shape index (κ2) is 7.48. The number of rotatable bonds is 7. The Kier molecular flexibility index (Phi) is 5.91. The molecule has 3 N–H and O–H groups in total. The van der Waals surface area contributed by atoms with E-state index in [0.717, 1.165) is 18.4 Å². The highest BCUT2D eigenvalue weighted by Gasteiger charge is 2.22. The predicted molar refractivity (Wildman–Crippen MR) is 70.7 cm³/mol. The topological polar surface area (TPSA) is 72.2 Å². The van der Waals surface area contributed by atoms with E-state index in [1.807, 2.05) is 37.3 Å². The van der Waals surface area contributed by atoms with Crippen LogP contribution in [-0.4, -0.2) is 18.4 Å². The molecule has 0 aliphatic carbocycles. The van der Waals surface area contributed by atoms with Crippen molar-refractivity contribution in [3.8, 4) is 0 Å². The smallest absolute Gasteiger partial charge is 0.232 e. The Morgan fingerprint density at radius 2 is 1.94 bits per heavy atom. The molecule has 0 saturated carbocycles. The number of hydrogen-bond donors (Lipinski definition) is 2. The van der Waals surface area contributed by atoms with Gasteiger partial charge in [-0.25, -0.2) is 0 Å². The van der Waals surface area contributed by atoms with Crippen LogP contribution in [0.4, 0.5) is 0 Å². The zero-order valence-corrected chi connectivity index (χ0v) is 10.7. The Bertz CT molecular complexity index is 390. The molecule has 0 saturated heterocycles. The van der Waals surface area contributed by atoms with Gasteiger partial charge in [-0.15, -0.1) is 0 Å². The minimum absolute atomic E-state index is 0.264. The van der Waals surface area contributed by atoms with E-state index in [2.05, 4.69) is 5.32 Å². The maximum absolute atomic E-state index is 11.8. The molecule has 0 radical (unpaired) electrons. The quantitative estimate of drug-likeness (QED) is 0.713. The molecule has 1 aromatic carbocycles. The van der Waals surface area contributed by atoms with Gasteiger partial charge in [-0.05, 0) is 18.4 Å². The molecular weight excluding hydrogens is 228 g/mol. The van der Waals surface area contributed by atoms with Crippen LogP contribution in [0, 0.1) is 5.92 Å². The Hall–Kier alpha value is -1.84. The first kappa shape index (κ1) is 14.2. The Morgan fingerprint density at radius 3 is 2.50 bits per heavy atom. The van der Waals surface area contributed by atoms with E-state index >= 15 is 0 Å². The average Bonchev–Trinajstić information content (AvgIpc) is 2.36. The van der Waals surface area contributed by atoms with Crippen molar-refractivity contribution in [1.29, 1.82) is 0 Å². The number of nitrogens with one attached hydrogen (secondary N) is 1. The second-order valence-corrected chi connectivity index (χ2v) is 4.27. The highest BCUT2D eigenvalue weighted by Crippen LogP contribution is 2.06. The third-order valence-corrected chi connectivity index (χ3v) is 2.79. The van der Waals surface area contributed by atoms with E-state index in [1.54, 1.807) is 0 Å². The van der Waals surface area contributed by atoms with E-state index in [1.165, 1.54) is 0 Å². The first-order valence-electron chi connectivity index (χ1n) is 6.26. The molecule has 4 nitrogen and oxygen atoms in total. The summed E-state index contributed by atoms with van der Waals surface area (Å²) in [6, 6.07) is 9.88. The van der Waals surface area contributed by atoms with Gasteiger partial charge in [0.05, 0.1) is 0 Å². The fraction of sp³-hybridized carbons (Fsp3) is 0.429. The molecule has 18 heavy (non-hydrogen) atoms. The monoisotopic (exact) mass is 248 g/mol. The molecule has 1 unspecified atom stereocenters. The van der Waals surface area contributed by atoms with E-state index in [-0.39, 0.29) is 5.91 Å². The lowest BCUT2D eigenvalue weighted by Gasteiger charge is -2.12. The number of benzene rings is 1. The highest BCUT2D eigenvalue weighted by molar-refractivity contribution is 5.99. The van der Waals surface area contributed by atoms with Gasteiger partial charge in [0, 0.05) is 6.54 Å². The molecule has 4 heteroatoms. The summed E-state index contributed by atoms with van der Waals surface area (Å²) in [7, 11) is 0. The summed E-state index contributed by atoms with van der Waals surface area (Å²) in [5.74, 6) is -1.51. The molecule has 0 heterocycles. The molecule has 98 valence electrons. The lowest BCUT2D eigenvalue weighted by molar-refractivity contribution is -0.133. The van der Waals surface area contributed by atoms with E-state index < -0.39 is 11.8 Å². The van der Waals surface area contributed by atoms with Crippen LogP contribution in [-0.2, 0) is 16.0 Å². The molecule has 0 aliphatic rings. The first-order valence-corrected chi connectivity index (χ1v) is 6.26. The van der Waals surface area contributed by atoms with Crippen molar-refractivity contribution in [3.05, 3.63) is 35.9 Å². The van der Waals surface area contributed by atoms with Gasteiger partial charge in [0.1, 0.15) is 5.92 Å². The number of carbonyl (C=O) groups excluding carboxylic acids is 2. The van der Waals surface area contributed by atoms with Gasteiger partial charge in [-0.3, -0.25) is 9.59 Å². The highest BCUT2D eigenvalue weighted by atomic mass is 16.2. The minimum atomic E-state index is -0.703. The number of nitrogens with two attached hydrogens (primary N) is 1. The summed E-state index contributed by atoms with van der Waals surface area (Å²) >= 11 is 0. The zero-order valence-electron chi connectivity index (χ0n) is 10.7. The molecule has 2 amide bonds. The van der Waals surface area contributed by atoms with Crippen molar-refractivity contribution >= 4 is 11.8 Å². The average molecular weight is 248 g/mol. The summed E-state index contributed by atoms with van der Waals surface area (Å²) in [5, 5.41) is 2.76. The van der Waals surface area contributed by atoms with Crippen molar-refractivity contribution in [3.63, 3.8) is 0 Å². The third-order valence-electron chi connectivity index (χ3n) is 2.79. The van der Waals surface area contributed by atoms with Crippen LogP contribution < -0.4 is 11.1 Å². The molecule has 0 bridgehead atoms. The van der Waals surface area contributed by atoms with Crippen LogP contribution in [0.25, 0.3) is 0 Å². The standard InChI is InChI=1S/C14H20N2O2/c1-2-6-12(13(15)17)14(18)16-10-9-11-7-4-3-5-8-11/h3-5,7-8,12H,2,6,9-10H2,1H3,(H2,15,17)(H,16,18). The molecule has 0 aliphatic heterocycles. The van der Waals surface area contributed by atoms with Crippen LogP contribution in [0.5, 0.6) is 0 Å². The van der Waals surface area contributed by atoms with E-state index in [9.17, 15) is 9.59 Å². The fourth-order valence-corrected chi connectivity index (χ4v) is 1.79. The van der Waals surface area contributed by atoms with Gasteiger partial charge in [0.25, 0.3) is 0 Å². The predicted octanol–water partition coefficient (Wildman–Crippen LogP) is 1.25. The molecule has 1 rings (SSSR count). The molecule has 1 atom stereocenters. The number of primary amides is 1. The molecule has 1 aromatic rings. The summed E-state index contributed by atoms with van der Waals surface area (Å²) < 4.78 is 0. The number of carbonyl (C=O) groups is 2. The summed E-state index contributed by atoms with van der Waals surface area (Å²) in [5.41, 5.74) is 6.36. The summed E-state index contributed by atoms with van der Waals surface area (Å²) in [6.07, 6.45) is 2.02. The van der Waals surface area contributed by atoms with Gasteiger partial charge in [0.2, 0.25) is 11.8 Å². The molecule has 0 fully saturated rings. The van der Waals surface area contributed by atoms with Crippen LogP contribution in [0.3, 0.4) is 0 Å². The molecule has 0 aromatic heterocycles. The minimum Gasteiger partial charge on any atom is -0.369 e. The van der Waals surface area contributed by atoms with Gasteiger partial charge < -0.3 is 11.1 Å². The molecular formula is C14H20N2O2. The molecule has 0 spiro atoms. The third kappa shape index (κ3) is 4.57. The Labute approximate surface area is 108 Å². The van der Waals surface area contributed by atoms with Crippen molar-refractivity contribution in [2.45, 2.75) is 26.2 Å². The maximum atomic E-state index is 11.8. The van der Waals surface area contributed by atoms with Crippen molar-refractivity contribution in [1.82, 2.24) is 5.32 Å². The SMILES string of the molecule is CCCC(C(N)=O)C(=O)NCCc1ccccc1. The van der Waals surface area contributed by atoms with Gasteiger partial charge in [-0.2, -0.15) is 0 Å². The Balaban J connectivity index is 2.38. The number of hydrogen-bond acceptors (Lipinski definition) is 2. The van der Waals surface area contributed by atoms with Crippen LogP contribution in [0.1, 0.15) is 25.3 Å². The summed E-state index contributed by atoms with van der Waals surface area (Å²) in [6.45, 7) is 2.45.